The fourth-order valence-corrected chi connectivity index (χ4v) is 3.15. The number of rotatable bonds is 4. The molecule has 0 saturated carbocycles. The molecule has 0 aromatic heterocycles. The summed E-state index contributed by atoms with van der Waals surface area (Å²) in [6.45, 7) is 11.5. The highest BCUT2D eigenvalue weighted by Gasteiger charge is 2.29. The monoisotopic (exact) mass is 331 g/mol. The van der Waals surface area contributed by atoms with Gasteiger partial charge in [0.05, 0.1) is 25.3 Å². The summed E-state index contributed by atoms with van der Waals surface area (Å²) in [5.74, 6) is 0.0651. The van der Waals surface area contributed by atoms with Crippen LogP contribution in [0.15, 0.2) is 24.3 Å². The van der Waals surface area contributed by atoms with Gasteiger partial charge in [-0.2, -0.15) is 0 Å². The van der Waals surface area contributed by atoms with Gasteiger partial charge in [0.15, 0.2) is 5.78 Å². The van der Waals surface area contributed by atoms with Crippen molar-refractivity contribution in [3.63, 3.8) is 0 Å². The Morgan fingerprint density at radius 2 is 1.58 bits per heavy atom. The first-order valence-electron chi connectivity index (χ1n) is 8.73. The van der Waals surface area contributed by atoms with Crippen molar-refractivity contribution in [2.75, 3.05) is 13.2 Å². The molecule has 0 N–H and O–H groups in total. The number of nitrogens with zero attached hydrogens (tertiary/aromatic N) is 1. The Balaban J connectivity index is 1.94. The molecule has 1 fully saturated rings. The zero-order valence-corrected chi connectivity index (χ0v) is 15.5. The average molecular weight is 331 g/mol. The normalized spacial score (nSPS) is 21.6. The Labute approximate surface area is 145 Å². The lowest BCUT2D eigenvalue weighted by molar-refractivity contribution is -0.144. The lowest BCUT2D eigenvalue weighted by Gasteiger charge is -2.38. The lowest BCUT2D eigenvalue weighted by atomic mass is 9.86. The number of ether oxygens (including phenoxy) is 1. The van der Waals surface area contributed by atoms with Crippen LogP contribution < -0.4 is 0 Å². The molecule has 1 aromatic rings. The summed E-state index contributed by atoms with van der Waals surface area (Å²) in [6.07, 6.45) is 0.513. The van der Waals surface area contributed by atoms with Gasteiger partial charge in [0.2, 0.25) is 5.91 Å². The Bertz CT molecular complexity index is 576. The van der Waals surface area contributed by atoms with Crippen molar-refractivity contribution in [1.29, 1.82) is 0 Å². The Morgan fingerprint density at radius 1 is 1.04 bits per heavy atom. The van der Waals surface area contributed by atoms with Crippen LogP contribution in [0.25, 0.3) is 0 Å². The molecule has 1 heterocycles. The molecule has 4 nitrogen and oxygen atoms in total. The first-order valence-corrected chi connectivity index (χ1v) is 8.73. The molecule has 1 aliphatic heterocycles. The van der Waals surface area contributed by atoms with E-state index in [2.05, 4.69) is 20.8 Å². The van der Waals surface area contributed by atoms with Crippen molar-refractivity contribution in [3.8, 4) is 0 Å². The van der Waals surface area contributed by atoms with Gasteiger partial charge in [-0.1, -0.05) is 45.0 Å². The first-order chi connectivity index (χ1) is 11.2. The topological polar surface area (TPSA) is 46.6 Å². The van der Waals surface area contributed by atoms with E-state index in [9.17, 15) is 9.59 Å². The van der Waals surface area contributed by atoms with Crippen LogP contribution >= 0.6 is 0 Å². The quantitative estimate of drug-likeness (QED) is 0.792. The van der Waals surface area contributed by atoms with Crippen molar-refractivity contribution in [3.05, 3.63) is 35.4 Å². The first kappa shape index (κ1) is 18.7. The van der Waals surface area contributed by atoms with E-state index < -0.39 is 0 Å². The number of carbonyl (C=O) groups is 2. The van der Waals surface area contributed by atoms with Crippen LogP contribution in [0.4, 0.5) is 0 Å². The molecule has 132 valence electrons. The highest BCUT2D eigenvalue weighted by atomic mass is 16.5. The summed E-state index contributed by atoms with van der Waals surface area (Å²) in [5.41, 5.74) is 1.95. The molecule has 1 saturated heterocycles. The molecule has 2 atom stereocenters. The van der Waals surface area contributed by atoms with Gasteiger partial charge in [-0.3, -0.25) is 9.59 Å². The molecule has 2 unspecified atom stereocenters. The number of ketones is 1. The molecule has 24 heavy (non-hydrogen) atoms. The number of hydrogen-bond donors (Lipinski definition) is 0. The Kier molecular flexibility index (Phi) is 5.81. The van der Waals surface area contributed by atoms with E-state index in [1.165, 1.54) is 5.56 Å². The van der Waals surface area contributed by atoms with Gasteiger partial charge in [0.1, 0.15) is 0 Å². The second-order valence-electron chi connectivity index (χ2n) is 7.79. The van der Waals surface area contributed by atoms with E-state index in [4.69, 9.17) is 4.74 Å². The fourth-order valence-electron chi connectivity index (χ4n) is 3.15. The summed E-state index contributed by atoms with van der Waals surface area (Å²) in [7, 11) is 0. The largest absolute Gasteiger partial charge is 0.377 e. The minimum absolute atomic E-state index is 0.0253. The fraction of sp³-hybridized carbons (Fsp3) is 0.600. The number of benzene rings is 1. The maximum Gasteiger partial charge on any atom is 0.223 e. The highest BCUT2D eigenvalue weighted by molar-refractivity contribution is 5.98. The highest BCUT2D eigenvalue weighted by Crippen LogP contribution is 2.23. The molecule has 0 bridgehead atoms. The molecule has 4 heteroatoms. The third-order valence-corrected chi connectivity index (χ3v) is 4.59. The molecular formula is C20H29NO3. The van der Waals surface area contributed by atoms with Crippen LogP contribution in [-0.2, 0) is 14.9 Å². The van der Waals surface area contributed by atoms with Crippen molar-refractivity contribution < 1.29 is 14.3 Å². The van der Waals surface area contributed by atoms with E-state index >= 15 is 0 Å². The van der Waals surface area contributed by atoms with E-state index in [1.807, 2.05) is 43.0 Å². The van der Waals surface area contributed by atoms with E-state index in [1.54, 1.807) is 0 Å². The number of amides is 1. The number of Topliss-reactive ketones (excluding diaryl/α,β-unsaturated/α-hetero) is 1. The molecular weight excluding hydrogens is 302 g/mol. The third kappa shape index (κ3) is 4.44. The number of carbonyl (C=O) groups excluding carboxylic acids is 2. The molecule has 1 aliphatic rings. The minimum atomic E-state index is 0.0253. The lowest BCUT2D eigenvalue weighted by Crippen LogP contribution is -2.52. The summed E-state index contributed by atoms with van der Waals surface area (Å²) in [6, 6.07) is 7.88. The van der Waals surface area contributed by atoms with E-state index in [-0.39, 0.29) is 42.0 Å². The molecule has 0 radical (unpaired) electrons. The van der Waals surface area contributed by atoms with Gasteiger partial charge in [-0.25, -0.2) is 0 Å². The average Bonchev–Trinajstić information content (AvgIpc) is 2.51. The smallest absolute Gasteiger partial charge is 0.223 e. The predicted octanol–water partition coefficient (Wildman–Crippen LogP) is 3.58. The van der Waals surface area contributed by atoms with Crippen molar-refractivity contribution in [2.24, 2.45) is 0 Å². The van der Waals surface area contributed by atoms with Crippen LogP contribution in [0.2, 0.25) is 0 Å². The van der Waals surface area contributed by atoms with Crippen LogP contribution in [-0.4, -0.2) is 41.9 Å². The van der Waals surface area contributed by atoms with Crippen molar-refractivity contribution in [2.45, 2.75) is 65.0 Å². The van der Waals surface area contributed by atoms with Gasteiger partial charge in [-0.05, 0) is 24.8 Å². The van der Waals surface area contributed by atoms with Crippen LogP contribution in [0.3, 0.4) is 0 Å². The van der Waals surface area contributed by atoms with E-state index in [0.717, 1.165) is 0 Å². The van der Waals surface area contributed by atoms with Crippen LogP contribution in [0, 0.1) is 0 Å². The molecule has 0 aliphatic carbocycles. The molecule has 1 aromatic carbocycles. The Hall–Kier alpha value is -1.68. The zero-order valence-electron chi connectivity index (χ0n) is 15.5. The number of hydrogen-bond acceptors (Lipinski definition) is 3. The maximum atomic E-state index is 12.5. The molecule has 2 rings (SSSR count). The van der Waals surface area contributed by atoms with Crippen molar-refractivity contribution in [1.82, 2.24) is 4.90 Å². The third-order valence-electron chi connectivity index (χ3n) is 4.59. The number of morpholine rings is 1. The van der Waals surface area contributed by atoms with Gasteiger partial charge in [-0.15, -0.1) is 0 Å². The SMILES string of the molecule is CC1COCC(C)N1C(=O)CCC(=O)c1ccc(C(C)(C)C)cc1. The molecule has 0 spiro atoms. The maximum absolute atomic E-state index is 12.5. The minimum Gasteiger partial charge on any atom is -0.377 e. The van der Waals surface area contributed by atoms with Gasteiger partial charge < -0.3 is 9.64 Å². The van der Waals surface area contributed by atoms with Gasteiger partial charge in [0, 0.05) is 18.4 Å². The van der Waals surface area contributed by atoms with Crippen LogP contribution in [0.1, 0.15) is 63.4 Å². The van der Waals surface area contributed by atoms with Gasteiger partial charge in [0.25, 0.3) is 0 Å². The summed E-state index contributed by atoms with van der Waals surface area (Å²) in [5, 5.41) is 0. The summed E-state index contributed by atoms with van der Waals surface area (Å²) < 4.78 is 5.45. The Morgan fingerprint density at radius 3 is 2.08 bits per heavy atom. The standard InChI is InChI=1S/C20H29NO3/c1-14-12-24-13-15(2)21(14)19(23)11-10-18(22)16-6-8-17(9-7-16)20(3,4)5/h6-9,14-15H,10-13H2,1-5H3. The van der Waals surface area contributed by atoms with E-state index in [0.29, 0.717) is 18.8 Å². The second kappa shape index (κ2) is 7.47. The van der Waals surface area contributed by atoms with Crippen LogP contribution in [0.5, 0.6) is 0 Å². The van der Waals surface area contributed by atoms with Gasteiger partial charge >= 0.3 is 0 Å². The predicted molar refractivity (Wildman–Crippen MR) is 95.3 cm³/mol. The van der Waals surface area contributed by atoms with Crippen molar-refractivity contribution >= 4 is 11.7 Å². The summed E-state index contributed by atoms with van der Waals surface area (Å²) in [4.78, 5) is 26.7. The molecule has 1 amide bonds. The second-order valence-corrected chi connectivity index (χ2v) is 7.79. The zero-order chi connectivity index (χ0) is 17.9. The summed E-state index contributed by atoms with van der Waals surface area (Å²) >= 11 is 0.